The summed E-state index contributed by atoms with van der Waals surface area (Å²) in [6.45, 7) is 10.6. The number of nitrogens with zero attached hydrogens (tertiary/aromatic N) is 4. The van der Waals surface area contributed by atoms with Crippen molar-refractivity contribution in [3.05, 3.63) is 68.7 Å². The minimum Gasteiger partial charge on any atom is -0.340 e. The van der Waals surface area contributed by atoms with Crippen LogP contribution in [0.2, 0.25) is 10.0 Å². The fraction of sp³-hybridized carbons (Fsp3) is 0.444. The summed E-state index contributed by atoms with van der Waals surface area (Å²) in [7, 11) is 0. The second-order valence-corrected chi connectivity index (χ2v) is 10.6. The maximum Gasteiger partial charge on any atom is 0.261 e. The zero-order valence-corrected chi connectivity index (χ0v) is 22.6. The van der Waals surface area contributed by atoms with Gasteiger partial charge in [0.25, 0.3) is 5.56 Å². The van der Waals surface area contributed by atoms with Crippen LogP contribution in [0.4, 0.5) is 5.69 Å². The van der Waals surface area contributed by atoms with Gasteiger partial charge in [-0.15, -0.1) is 0 Å². The van der Waals surface area contributed by atoms with Crippen LogP contribution in [0.5, 0.6) is 0 Å². The number of anilines is 1. The lowest BCUT2D eigenvalue weighted by molar-refractivity contribution is 0.302. The van der Waals surface area contributed by atoms with Gasteiger partial charge in [-0.3, -0.25) is 14.4 Å². The highest BCUT2D eigenvalue weighted by Crippen LogP contribution is 2.22. The minimum atomic E-state index is -0.0709. The Morgan fingerprint density at radius 2 is 2.08 bits per heavy atom. The maximum atomic E-state index is 13.1. The van der Waals surface area contributed by atoms with Gasteiger partial charge in [0.05, 0.1) is 17.2 Å². The third-order valence-corrected chi connectivity index (χ3v) is 6.94. The predicted octanol–water partition coefficient (Wildman–Crippen LogP) is 5.05. The van der Waals surface area contributed by atoms with Crippen LogP contribution in [0.15, 0.2) is 52.5 Å². The summed E-state index contributed by atoms with van der Waals surface area (Å²) in [6, 6.07) is 11.5. The molecule has 3 aromatic rings. The molecule has 4 rings (SSSR count). The number of fused-ring (bicyclic) bond motifs is 1. The van der Waals surface area contributed by atoms with Gasteiger partial charge < -0.3 is 15.5 Å². The Balaban J connectivity index is 1.52. The van der Waals surface area contributed by atoms with Crippen LogP contribution in [0.3, 0.4) is 0 Å². The summed E-state index contributed by atoms with van der Waals surface area (Å²) in [6.07, 6.45) is 3.25. The van der Waals surface area contributed by atoms with E-state index < -0.39 is 0 Å². The number of aliphatic imine (C=N–C) groups is 1. The van der Waals surface area contributed by atoms with Crippen LogP contribution in [0, 0.1) is 5.92 Å². The Hall–Kier alpha value is -2.61. The van der Waals surface area contributed by atoms with Crippen LogP contribution in [0.25, 0.3) is 10.9 Å². The molecule has 1 aromatic heterocycles. The van der Waals surface area contributed by atoms with E-state index in [1.54, 1.807) is 23.0 Å². The first kappa shape index (κ1) is 26.5. The molecule has 2 aromatic carbocycles. The van der Waals surface area contributed by atoms with E-state index in [-0.39, 0.29) is 5.56 Å². The number of halogens is 2. The number of hydrogen-bond acceptors (Lipinski definition) is 4. The van der Waals surface area contributed by atoms with Gasteiger partial charge >= 0.3 is 0 Å². The number of nitrogens with one attached hydrogen (secondary N) is 2. The molecule has 1 aliphatic rings. The lowest BCUT2D eigenvalue weighted by atomic mass is 10.1. The average Bonchev–Trinajstić information content (AvgIpc) is 2.84. The molecule has 1 atom stereocenters. The Morgan fingerprint density at radius 3 is 2.83 bits per heavy atom. The number of aryl methyl sites for hydroxylation is 2. The number of aromatic nitrogens is 2. The standard InChI is InChI=1S/C27H34Cl2N6O/c1-18(2)8-10-31-27(34-13-11-30-19(3)16-34)33-22-6-7-23-25(15-22)32-17-35(26(23)36)12-9-20-4-5-21(28)14-24(20)29/h4-7,14-15,17-19,30H,8-13,16H2,1-3H3,(H,31,33)/t19-/m0/s1. The summed E-state index contributed by atoms with van der Waals surface area (Å²) in [5, 5.41) is 8.76. The number of benzene rings is 2. The second-order valence-electron chi connectivity index (χ2n) is 9.77. The summed E-state index contributed by atoms with van der Waals surface area (Å²) >= 11 is 12.3. The molecule has 36 heavy (non-hydrogen) atoms. The Labute approximate surface area is 222 Å². The number of hydrogen-bond donors (Lipinski definition) is 2. The highest BCUT2D eigenvalue weighted by atomic mass is 35.5. The van der Waals surface area contributed by atoms with Gasteiger partial charge in [0.15, 0.2) is 5.96 Å². The van der Waals surface area contributed by atoms with Crippen molar-refractivity contribution in [1.82, 2.24) is 19.8 Å². The average molecular weight is 530 g/mol. The zero-order chi connectivity index (χ0) is 25.7. The summed E-state index contributed by atoms with van der Waals surface area (Å²) < 4.78 is 1.63. The van der Waals surface area contributed by atoms with Crippen LogP contribution in [-0.4, -0.2) is 52.6 Å². The van der Waals surface area contributed by atoms with Gasteiger partial charge in [-0.25, -0.2) is 4.98 Å². The monoisotopic (exact) mass is 528 g/mol. The highest BCUT2D eigenvalue weighted by molar-refractivity contribution is 6.35. The van der Waals surface area contributed by atoms with E-state index in [0.29, 0.717) is 45.9 Å². The topological polar surface area (TPSA) is 74.5 Å². The van der Waals surface area contributed by atoms with Crippen LogP contribution >= 0.6 is 23.2 Å². The van der Waals surface area contributed by atoms with Crippen molar-refractivity contribution < 1.29 is 0 Å². The molecule has 0 saturated carbocycles. The Kier molecular flexibility index (Phi) is 8.88. The molecular weight excluding hydrogens is 495 g/mol. The summed E-state index contributed by atoms with van der Waals surface area (Å²) in [5.41, 5.74) is 2.40. The first-order valence-electron chi connectivity index (χ1n) is 12.5. The fourth-order valence-electron chi connectivity index (χ4n) is 4.26. The van der Waals surface area contributed by atoms with Gasteiger partial charge in [0.2, 0.25) is 0 Å². The van der Waals surface area contributed by atoms with Gasteiger partial charge in [-0.05, 0) is 61.6 Å². The van der Waals surface area contributed by atoms with E-state index in [0.717, 1.165) is 49.8 Å². The van der Waals surface area contributed by atoms with Crippen molar-refractivity contribution in [3.63, 3.8) is 0 Å². The van der Waals surface area contributed by atoms with Crippen molar-refractivity contribution in [3.8, 4) is 0 Å². The molecule has 2 heterocycles. The van der Waals surface area contributed by atoms with Crippen molar-refractivity contribution >= 4 is 45.8 Å². The second kappa shape index (κ2) is 12.1. The van der Waals surface area contributed by atoms with Crippen molar-refractivity contribution in [2.75, 3.05) is 31.5 Å². The molecule has 2 N–H and O–H groups in total. The van der Waals surface area contributed by atoms with Crippen LogP contribution in [-0.2, 0) is 13.0 Å². The third kappa shape index (κ3) is 6.78. The molecule has 9 heteroatoms. The third-order valence-electron chi connectivity index (χ3n) is 6.35. The highest BCUT2D eigenvalue weighted by Gasteiger charge is 2.19. The molecule has 0 aliphatic carbocycles. The van der Waals surface area contributed by atoms with Crippen LogP contribution < -0.4 is 16.2 Å². The van der Waals surface area contributed by atoms with E-state index in [1.807, 2.05) is 24.3 Å². The summed E-state index contributed by atoms with van der Waals surface area (Å²) in [5.74, 6) is 1.47. The van der Waals surface area contributed by atoms with Crippen molar-refractivity contribution in [2.24, 2.45) is 10.9 Å². The van der Waals surface area contributed by atoms with E-state index in [4.69, 9.17) is 28.2 Å². The molecule has 0 amide bonds. The smallest absolute Gasteiger partial charge is 0.261 e. The SMILES string of the molecule is CC(C)CC/N=C(/Nc1ccc2c(=O)n(CCc3ccc(Cl)cc3Cl)cnc2c1)N1CCN[C@@H](C)C1. The molecule has 1 aliphatic heterocycles. The molecule has 1 saturated heterocycles. The molecule has 0 spiro atoms. The summed E-state index contributed by atoms with van der Waals surface area (Å²) in [4.78, 5) is 24.9. The molecule has 192 valence electrons. The Bertz CT molecular complexity index is 1290. The molecule has 7 nitrogen and oxygen atoms in total. The molecule has 1 fully saturated rings. The van der Waals surface area contributed by atoms with Crippen LogP contribution in [0.1, 0.15) is 32.8 Å². The molecule has 0 radical (unpaired) electrons. The van der Waals surface area contributed by atoms with E-state index >= 15 is 0 Å². The lowest BCUT2D eigenvalue weighted by Crippen LogP contribution is -2.53. The minimum absolute atomic E-state index is 0.0709. The molecule has 0 bridgehead atoms. The quantitative estimate of drug-likeness (QED) is 0.331. The number of guanidine groups is 1. The van der Waals surface area contributed by atoms with Gasteiger partial charge in [-0.2, -0.15) is 0 Å². The first-order valence-corrected chi connectivity index (χ1v) is 13.3. The predicted molar refractivity (Wildman–Crippen MR) is 151 cm³/mol. The fourth-order valence-corrected chi connectivity index (χ4v) is 4.76. The van der Waals surface area contributed by atoms with E-state index in [2.05, 4.69) is 41.3 Å². The van der Waals surface area contributed by atoms with E-state index in [9.17, 15) is 4.79 Å². The zero-order valence-electron chi connectivity index (χ0n) is 21.1. The number of piperazine rings is 1. The van der Waals surface area contributed by atoms with Crippen molar-refractivity contribution in [2.45, 2.75) is 46.2 Å². The van der Waals surface area contributed by atoms with Gasteiger partial charge in [0.1, 0.15) is 0 Å². The first-order chi connectivity index (χ1) is 17.3. The van der Waals surface area contributed by atoms with E-state index in [1.165, 1.54) is 0 Å². The number of rotatable bonds is 7. The van der Waals surface area contributed by atoms with Crippen molar-refractivity contribution in [1.29, 1.82) is 0 Å². The normalized spacial score (nSPS) is 16.7. The van der Waals surface area contributed by atoms with Gasteiger partial charge in [-0.1, -0.05) is 43.1 Å². The van der Waals surface area contributed by atoms with Gasteiger partial charge in [0, 0.05) is 54.5 Å². The largest absolute Gasteiger partial charge is 0.340 e. The Morgan fingerprint density at radius 1 is 1.25 bits per heavy atom. The lowest BCUT2D eigenvalue weighted by Gasteiger charge is -2.34. The molecule has 0 unspecified atom stereocenters. The maximum absolute atomic E-state index is 13.1. The molecular formula is C27H34Cl2N6O.